The van der Waals surface area contributed by atoms with E-state index in [2.05, 4.69) is 18.2 Å². The van der Waals surface area contributed by atoms with E-state index in [9.17, 15) is 0 Å². The van der Waals surface area contributed by atoms with E-state index in [4.69, 9.17) is 5.73 Å². The summed E-state index contributed by atoms with van der Waals surface area (Å²) in [4.78, 5) is 0. The summed E-state index contributed by atoms with van der Waals surface area (Å²) in [7, 11) is 0. The summed E-state index contributed by atoms with van der Waals surface area (Å²) in [6, 6.07) is 0.163. The van der Waals surface area contributed by atoms with Crippen molar-refractivity contribution in [1.82, 2.24) is 0 Å². The van der Waals surface area contributed by atoms with Gasteiger partial charge < -0.3 is 5.73 Å². The molecule has 10 heavy (non-hydrogen) atoms. The van der Waals surface area contributed by atoms with E-state index in [1.165, 1.54) is 5.57 Å². The molecule has 0 aromatic heterocycles. The molecule has 0 bridgehead atoms. The summed E-state index contributed by atoms with van der Waals surface area (Å²) in [5.41, 5.74) is 6.92. The standard InChI is InChI=1S/C9H13N/c1-8(10)9-6-4-2-3-5-7-9/h2-4,6-8H,5,10H2,1H3/t8-/m0/s1. The van der Waals surface area contributed by atoms with Crippen molar-refractivity contribution >= 4 is 0 Å². The van der Waals surface area contributed by atoms with E-state index < -0.39 is 0 Å². The predicted octanol–water partition coefficient (Wildman–Crippen LogP) is 1.78. The van der Waals surface area contributed by atoms with Gasteiger partial charge >= 0.3 is 0 Å². The van der Waals surface area contributed by atoms with E-state index in [1.54, 1.807) is 0 Å². The van der Waals surface area contributed by atoms with Crippen LogP contribution in [0.1, 0.15) is 13.3 Å². The molecule has 2 N–H and O–H groups in total. The fourth-order valence-electron chi connectivity index (χ4n) is 0.934. The number of hydrogen-bond donors (Lipinski definition) is 1. The first-order valence-corrected chi connectivity index (χ1v) is 3.59. The Hall–Kier alpha value is -0.820. The maximum absolute atomic E-state index is 5.69. The lowest BCUT2D eigenvalue weighted by molar-refractivity contribution is 0.880. The zero-order valence-electron chi connectivity index (χ0n) is 6.25. The molecule has 0 aromatic rings. The second-order valence-electron chi connectivity index (χ2n) is 2.52. The second-order valence-corrected chi connectivity index (χ2v) is 2.52. The topological polar surface area (TPSA) is 26.0 Å². The van der Waals surface area contributed by atoms with Gasteiger partial charge in [0, 0.05) is 6.04 Å². The molecule has 0 spiro atoms. The minimum Gasteiger partial charge on any atom is -0.324 e. The third-order valence-corrected chi connectivity index (χ3v) is 1.55. The van der Waals surface area contributed by atoms with E-state index in [0.29, 0.717) is 0 Å². The van der Waals surface area contributed by atoms with Crippen molar-refractivity contribution in [3.8, 4) is 0 Å². The first-order chi connectivity index (χ1) is 4.80. The van der Waals surface area contributed by atoms with Crippen molar-refractivity contribution in [2.75, 3.05) is 0 Å². The third-order valence-electron chi connectivity index (χ3n) is 1.55. The fraction of sp³-hybridized carbons (Fsp3) is 0.333. The highest BCUT2D eigenvalue weighted by atomic mass is 14.6. The van der Waals surface area contributed by atoms with Gasteiger partial charge in [-0.2, -0.15) is 0 Å². The monoisotopic (exact) mass is 135 g/mol. The summed E-state index contributed by atoms with van der Waals surface area (Å²) < 4.78 is 0. The molecular formula is C9H13N. The molecule has 0 heterocycles. The van der Waals surface area contributed by atoms with E-state index in [1.807, 2.05) is 19.1 Å². The Labute approximate surface area is 61.9 Å². The highest BCUT2D eigenvalue weighted by Crippen LogP contribution is 2.07. The Balaban J connectivity index is 2.69. The number of nitrogens with two attached hydrogens (primary N) is 1. The molecule has 54 valence electrons. The molecule has 1 atom stereocenters. The van der Waals surface area contributed by atoms with Crippen LogP contribution in [-0.2, 0) is 0 Å². The van der Waals surface area contributed by atoms with Gasteiger partial charge in [0.05, 0.1) is 0 Å². The molecular weight excluding hydrogens is 122 g/mol. The molecule has 1 aliphatic rings. The number of allylic oxidation sites excluding steroid dienone is 4. The minimum atomic E-state index is 0.163. The van der Waals surface area contributed by atoms with Crippen molar-refractivity contribution < 1.29 is 0 Å². The van der Waals surface area contributed by atoms with Crippen molar-refractivity contribution in [2.24, 2.45) is 5.73 Å². The first-order valence-electron chi connectivity index (χ1n) is 3.59. The second kappa shape index (κ2) is 3.37. The van der Waals surface area contributed by atoms with Gasteiger partial charge in [-0.3, -0.25) is 0 Å². The van der Waals surface area contributed by atoms with Gasteiger partial charge in [-0.05, 0) is 18.9 Å². The Kier molecular flexibility index (Phi) is 2.46. The zero-order valence-corrected chi connectivity index (χ0v) is 6.25. The highest BCUT2D eigenvalue weighted by Gasteiger charge is 1.97. The quantitative estimate of drug-likeness (QED) is 0.582. The predicted molar refractivity (Wildman–Crippen MR) is 44.6 cm³/mol. The van der Waals surface area contributed by atoms with Crippen LogP contribution in [0.4, 0.5) is 0 Å². The van der Waals surface area contributed by atoms with Crippen LogP contribution in [0.2, 0.25) is 0 Å². The molecule has 0 unspecified atom stereocenters. The van der Waals surface area contributed by atoms with E-state index in [-0.39, 0.29) is 6.04 Å². The van der Waals surface area contributed by atoms with Crippen molar-refractivity contribution in [2.45, 2.75) is 19.4 Å². The maximum Gasteiger partial charge on any atom is 0.0263 e. The summed E-state index contributed by atoms with van der Waals surface area (Å²) in [5.74, 6) is 0. The average Bonchev–Trinajstić information content (AvgIpc) is 2.12. The van der Waals surface area contributed by atoms with Crippen LogP contribution in [0.3, 0.4) is 0 Å². The molecule has 0 amide bonds. The zero-order chi connectivity index (χ0) is 7.40. The van der Waals surface area contributed by atoms with Crippen LogP contribution >= 0.6 is 0 Å². The fourth-order valence-corrected chi connectivity index (χ4v) is 0.934. The van der Waals surface area contributed by atoms with Crippen LogP contribution in [-0.4, -0.2) is 6.04 Å². The lowest BCUT2D eigenvalue weighted by Crippen LogP contribution is -2.16. The van der Waals surface area contributed by atoms with Crippen molar-refractivity contribution in [1.29, 1.82) is 0 Å². The summed E-state index contributed by atoms with van der Waals surface area (Å²) in [6.45, 7) is 2.00. The largest absolute Gasteiger partial charge is 0.324 e. The molecule has 0 aliphatic heterocycles. The van der Waals surface area contributed by atoms with Crippen LogP contribution in [0.15, 0.2) is 36.0 Å². The van der Waals surface area contributed by atoms with Crippen LogP contribution < -0.4 is 5.73 Å². The smallest absolute Gasteiger partial charge is 0.0263 e. The van der Waals surface area contributed by atoms with Gasteiger partial charge in [-0.1, -0.05) is 30.4 Å². The lowest BCUT2D eigenvalue weighted by Gasteiger charge is -2.03. The SMILES string of the molecule is C[C@H](N)C1=CCC=CC=C1. The first kappa shape index (κ1) is 7.29. The van der Waals surface area contributed by atoms with E-state index in [0.717, 1.165) is 6.42 Å². The Morgan fingerprint density at radius 3 is 3.00 bits per heavy atom. The Bertz CT molecular complexity index is 185. The molecule has 0 fully saturated rings. The Morgan fingerprint density at radius 1 is 1.50 bits per heavy atom. The van der Waals surface area contributed by atoms with Crippen molar-refractivity contribution in [3.05, 3.63) is 36.0 Å². The number of rotatable bonds is 1. The molecule has 1 heteroatoms. The third kappa shape index (κ3) is 1.85. The lowest BCUT2D eigenvalue weighted by atomic mass is 10.1. The number of hydrogen-bond acceptors (Lipinski definition) is 1. The van der Waals surface area contributed by atoms with Crippen LogP contribution in [0.5, 0.6) is 0 Å². The molecule has 1 nitrogen and oxygen atoms in total. The molecule has 1 rings (SSSR count). The molecule has 1 aliphatic carbocycles. The molecule has 0 saturated carbocycles. The summed E-state index contributed by atoms with van der Waals surface area (Å²) in [5, 5.41) is 0. The molecule has 0 saturated heterocycles. The van der Waals surface area contributed by atoms with Gasteiger partial charge in [0.1, 0.15) is 0 Å². The summed E-state index contributed by atoms with van der Waals surface area (Å²) >= 11 is 0. The summed E-state index contributed by atoms with van der Waals surface area (Å²) in [6.07, 6.45) is 11.4. The average molecular weight is 135 g/mol. The molecule has 0 aromatic carbocycles. The minimum absolute atomic E-state index is 0.163. The van der Waals surface area contributed by atoms with Gasteiger partial charge in [-0.15, -0.1) is 0 Å². The normalized spacial score (nSPS) is 20.0. The van der Waals surface area contributed by atoms with Gasteiger partial charge in [0.15, 0.2) is 0 Å². The van der Waals surface area contributed by atoms with E-state index >= 15 is 0 Å². The highest BCUT2D eigenvalue weighted by molar-refractivity contribution is 5.29. The Morgan fingerprint density at radius 2 is 2.30 bits per heavy atom. The van der Waals surface area contributed by atoms with Gasteiger partial charge in [-0.25, -0.2) is 0 Å². The van der Waals surface area contributed by atoms with Crippen molar-refractivity contribution in [3.63, 3.8) is 0 Å². The molecule has 0 radical (unpaired) electrons. The van der Waals surface area contributed by atoms with Gasteiger partial charge in [0.25, 0.3) is 0 Å². The van der Waals surface area contributed by atoms with Gasteiger partial charge in [0.2, 0.25) is 0 Å². The van der Waals surface area contributed by atoms with Crippen LogP contribution in [0, 0.1) is 0 Å². The van der Waals surface area contributed by atoms with Crippen LogP contribution in [0.25, 0.3) is 0 Å². The maximum atomic E-state index is 5.69.